The van der Waals surface area contributed by atoms with E-state index >= 15 is 0 Å². The predicted octanol–water partition coefficient (Wildman–Crippen LogP) is 2.66. The summed E-state index contributed by atoms with van der Waals surface area (Å²) in [5.74, 6) is -3.27. The van der Waals surface area contributed by atoms with Gasteiger partial charge in [-0.3, -0.25) is 15.0 Å². The molecule has 0 saturated carbocycles. The number of anilines is 1. The Balaban J connectivity index is 2.14. The number of hydrogen-bond acceptors (Lipinski definition) is 3. The third-order valence-corrected chi connectivity index (χ3v) is 2.95. The largest absolute Gasteiger partial charge is 0.508 e. The first kappa shape index (κ1) is 15.4. The fraction of sp³-hybridized carbons (Fsp3) is 0.0667. The summed E-state index contributed by atoms with van der Waals surface area (Å²) in [6.45, 7) is 0. The Morgan fingerprint density at radius 3 is 2.14 bits per heavy atom. The van der Waals surface area contributed by atoms with Gasteiger partial charge < -0.3 is 5.11 Å². The van der Waals surface area contributed by atoms with E-state index in [0.717, 1.165) is 23.1 Å². The molecule has 2 aromatic carbocycles. The number of carbonyl (C=O) groups excluding carboxylic acids is 2. The highest BCUT2D eigenvalue weighted by atomic mass is 19.1. The van der Waals surface area contributed by atoms with Gasteiger partial charge in [-0.2, -0.15) is 0 Å². The molecule has 7 heteroatoms. The van der Waals surface area contributed by atoms with Crippen LogP contribution in [0.5, 0.6) is 5.75 Å². The van der Waals surface area contributed by atoms with E-state index in [4.69, 9.17) is 0 Å². The van der Waals surface area contributed by atoms with Crippen LogP contribution in [0.4, 0.5) is 19.3 Å². The van der Waals surface area contributed by atoms with Crippen LogP contribution in [0.15, 0.2) is 42.5 Å². The molecule has 0 aliphatic rings. The van der Waals surface area contributed by atoms with E-state index in [2.05, 4.69) is 0 Å². The molecule has 5 nitrogen and oxygen atoms in total. The zero-order valence-corrected chi connectivity index (χ0v) is 11.5. The van der Waals surface area contributed by atoms with Gasteiger partial charge in [-0.1, -0.05) is 6.07 Å². The van der Waals surface area contributed by atoms with Crippen LogP contribution in [0.2, 0.25) is 0 Å². The fourth-order valence-corrected chi connectivity index (χ4v) is 1.75. The highest BCUT2D eigenvalue weighted by Crippen LogP contribution is 2.17. The van der Waals surface area contributed by atoms with Crippen LogP contribution in [-0.2, 0) is 0 Å². The minimum atomic E-state index is -1.17. The van der Waals surface area contributed by atoms with Crippen molar-refractivity contribution >= 4 is 17.6 Å². The Morgan fingerprint density at radius 2 is 1.59 bits per heavy atom. The molecule has 3 amide bonds. The quantitative estimate of drug-likeness (QED) is 0.896. The van der Waals surface area contributed by atoms with Crippen LogP contribution in [0.1, 0.15) is 10.4 Å². The number of aromatic hydroxyl groups is 1. The van der Waals surface area contributed by atoms with Crippen LogP contribution in [0.3, 0.4) is 0 Å². The molecule has 0 radical (unpaired) electrons. The van der Waals surface area contributed by atoms with Gasteiger partial charge in [0.1, 0.15) is 22.9 Å². The molecule has 0 fully saturated rings. The number of benzene rings is 2. The van der Waals surface area contributed by atoms with E-state index in [-0.39, 0.29) is 5.75 Å². The average Bonchev–Trinajstić information content (AvgIpc) is 2.47. The molecule has 0 heterocycles. The third kappa shape index (κ3) is 3.20. The van der Waals surface area contributed by atoms with Gasteiger partial charge >= 0.3 is 6.03 Å². The topological polar surface area (TPSA) is 69.6 Å². The molecule has 2 N–H and O–H groups in total. The maximum Gasteiger partial charge on any atom is 0.328 e. The zero-order chi connectivity index (χ0) is 16.3. The molecule has 0 aliphatic heterocycles. The molecule has 0 bridgehead atoms. The smallest absolute Gasteiger partial charge is 0.328 e. The van der Waals surface area contributed by atoms with Crippen LogP contribution in [0, 0.1) is 11.6 Å². The second-order valence-electron chi connectivity index (χ2n) is 4.43. The molecule has 0 saturated heterocycles. The second kappa shape index (κ2) is 6.21. The number of phenolic OH excluding ortho intramolecular Hbond substituents is 1. The molecule has 2 aromatic rings. The lowest BCUT2D eigenvalue weighted by molar-refractivity contribution is 0.0957. The summed E-state index contributed by atoms with van der Waals surface area (Å²) in [6.07, 6.45) is 0. The van der Waals surface area contributed by atoms with Crippen molar-refractivity contribution in [1.82, 2.24) is 5.32 Å². The summed E-state index contributed by atoms with van der Waals surface area (Å²) in [5.41, 5.74) is -0.438. The first-order valence-electron chi connectivity index (χ1n) is 6.22. The molecule has 0 aliphatic carbocycles. The van der Waals surface area contributed by atoms with Crippen molar-refractivity contribution in [1.29, 1.82) is 0 Å². The Bertz CT molecular complexity index is 697. The SMILES string of the molecule is CN(C(=O)NC(=O)c1c(F)cccc1F)c1ccc(O)cc1. The van der Waals surface area contributed by atoms with Crippen molar-refractivity contribution < 1.29 is 23.5 Å². The van der Waals surface area contributed by atoms with E-state index in [0.29, 0.717) is 5.69 Å². The summed E-state index contributed by atoms with van der Waals surface area (Å²) >= 11 is 0. The highest BCUT2D eigenvalue weighted by molar-refractivity contribution is 6.08. The van der Waals surface area contributed by atoms with E-state index in [9.17, 15) is 23.5 Å². The maximum absolute atomic E-state index is 13.5. The van der Waals surface area contributed by atoms with Gasteiger partial charge in [-0.05, 0) is 36.4 Å². The lowest BCUT2D eigenvalue weighted by Gasteiger charge is -2.17. The van der Waals surface area contributed by atoms with E-state index in [1.807, 2.05) is 5.32 Å². The highest BCUT2D eigenvalue weighted by Gasteiger charge is 2.21. The van der Waals surface area contributed by atoms with E-state index < -0.39 is 29.1 Å². The number of imide groups is 1. The van der Waals surface area contributed by atoms with Crippen LogP contribution >= 0.6 is 0 Å². The number of nitrogens with zero attached hydrogens (tertiary/aromatic N) is 1. The standard InChI is InChI=1S/C15H12F2N2O3/c1-19(9-5-7-10(20)8-6-9)15(22)18-14(21)13-11(16)3-2-4-12(13)17/h2-8,20H,1H3,(H,18,21,22). The predicted molar refractivity (Wildman–Crippen MR) is 75.7 cm³/mol. The average molecular weight is 306 g/mol. The third-order valence-electron chi connectivity index (χ3n) is 2.95. The van der Waals surface area contributed by atoms with Gasteiger partial charge in [-0.25, -0.2) is 13.6 Å². The van der Waals surface area contributed by atoms with Gasteiger partial charge in [0.25, 0.3) is 5.91 Å². The molecule has 2 rings (SSSR count). The molecule has 0 unspecified atom stereocenters. The lowest BCUT2D eigenvalue weighted by atomic mass is 10.2. The molecule has 22 heavy (non-hydrogen) atoms. The number of carbonyl (C=O) groups is 2. The van der Waals surface area contributed by atoms with Gasteiger partial charge in [0.05, 0.1) is 0 Å². The second-order valence-corrected chi connectivity index (χ2v) is 4.43. The molecule has 0 aromatic heterocycles. The lowest BCUT2D eigenvalue weighted by Crippen LogP contribution is -2.41. The minimum Gasteiger partial charge on any atom is -0.508 e. The Morgan fingerprint density at radius 1 is 1.05 bits per heavy atom. The Kier molecular flexibility index (Phi) is 4.36. The molecule has 114 valence electrons. The van der Waals surface area contributed by atoms with Gasteiger partial charge in [0.15, 0.2) is 0 Å². The van der Waals surface area contributed by atoms with Gasteiger partial charge in [0.2, 0.25) is 0 Å². The number of urea groups is 1. The van der Waals surface area contributed by atoms with Crippen molar-refractivity contribution in [3.63, 3.8) is 0 Å². The number of phenols is 1. The van der Waals surface area contributed by atoms with Crippen molar-refractivity contribution in [3.05, 3.63) is 59.7 Å². The summed E-state index contributed by atoms with van der Waals surface area (Å²) in [7, 11) is 1.37. The minimum absolute atomic E-state index is 0.0158. The summed E-state index contributed by atoms with van der Waals surface area (Å²) in [4.78, 5) is 24.8. The number of nitrogens with one attached hydrogen (secondary N) is 1. The van der Waals surface area contributed by atoms with Crippen molar-refractivity contribution in [3.8, 4) is 5.75 Å². The van der Waals surface area contributed by atoms with Crippen molar-refractivity contribution in [2.45, 2.75) is 0 Å². The molecular formula is C15H12F2N2O3. The number of amides is 3. The molecular weight excluding hydrogens is 294 g/mol. The van der Waals surface area contributed by atoms with Crippen molar-refractivity contribution in [2.75, 3.05) is 11.9 Å². The van der Waals surface area contributed by atoms with Crippen LogP contribution < -0.4 is 10.2 Å². The first-order chi connectivity index (χ1) is 10.4. The van der Waals surface area contributed by atoms with Gasteiger partial charge in [-0.15, -0.1) is 0 Å². The number of hydrogen-bond donors (Lipinski definition) is 2. The Labute approximate surface area is 124 Å². The Hall–Kier alpha value is -2.96. The maximum atomic E-state index is 13.5. The summed E-state index contributed by atoms with van der Waals surface area (Å²) in [5, 5.41) is 11.1. The van der Waals surface area contributed by atoms with Crippen molar-refractivity contribution in [2.24, 2.45) is 0 Å². The van der Waals surface area contributed by atoms with Crippen LogP contribution in [0.25, 0.3) is 0 Å². The van der Waals surface area contributed by atoms with Crippen LogP contribution in [-0.4, -0.2) is 24.1 Å². The van der Waals surface area contributed by atoms with E-state index in [1.165, 1.54) is 31.3 Å². The summed E-state index contributed by atoms with van der Waals surface area (Å²) in [6, 6.07) is 7.71. The normalized spacial score (nSPS) is 10.1. The molecule has 0 atom stereocenters. The summed E-state index contributed by atoms with van der Waals surface area (Å²) < 4.78 is 26.9. The first-order valence-corrected chi connectivity index (χ1v) is 6.22. The molecule has 0 spiro atoms. The fourth-order valence-electron chi connectivity index (χ4n) is 1.75. The zero-order valence-electron chi connectivity index (χ0n) is 11.5. The van der Waals surface area contributed by atoms with E-state index in [1.54, 1.807) is 0 Å². The van der Waals surface area contributed by atoms with Gasteiger partial charge in [0, 0.05) is 12.7 Å². The number of rotatable bonds is 2. The number of halogens is 2. The monoisotopic (exact) mass is 306 g/mol.